The van der Waals surface area contributed by atoms with E-state index < -0.39 is 0 Å². The molecular weight excluding hydrogens is 276 g/mol. The second-order valence-corrected chi connectivity index (χ2v) is 5.89. The average Bonchev–Trinajstić information content (AvgIpc) is 2.44. The zero-order chi connectivity index (χ0) is 13.9. The number of nitrogens with zero attached hydrogens (tertiary/aromatic N) is 4. The normalized spacial score (nSPS) is 33.0. The van der Waals surface area contributed by atoms with Crippen molar-refractivity contribution >= 4 is 23.3 Å². The van der Waals surface area contributed by atoms with Crippen LogP contribution >= 0.6 is 11.6 Å². The molecular formula is C14H13ClN4O. The number of piperidine rings is 1. The van der Waals surface area contributed by atoms with Crippen LogP contribution in [-0.4, -0.2) is 45.8 Å². The number of anilines is 1. The molecule has 1 amide bonds. The van der Waals surface area contributed by atoms with Crippen molar-refractivity contribution in [1.29, 1.82) is 5.26 Å². The van der Waals surface area contributed by atoms with Gasteiger partial charge in [0.2, 0.25) is 5.91 Å². The highest BCUT2D eigenvalue weighted by Crippen LogP contribution is 2.61. The lowest BCUT2D eigenvalue weighted by Gasteiger charge is -2.80. The van der Waals surface area contributed by atoms with E-state index in [-0.39, 0.29) is 17.3 Å². The molecule has 4 rings (SSSR count). The smallest absolute Gasteiger partial charge is 0.238 e. The molecule has 1 aromatic heterocycles. The number of piperazine rings is 1. The molecule has 2 aliphatic heterocycles. The van der Waals surface area contributed by atoms with Gasteiger partial charge in [-0.25, -0.2) is 4.98 Å². The van der Waals surface area contributed by atoms with Crippen molar-refractivity contribution in [1.82, 2.24) is 9.88 Å². The van der Waals surface area contributed by atoms with Crippen molar-refractivity contribution in [2.75, 3.05) is 17.3 Å². The molecule has 102 valence electrons. The zero-order valence-electron chi connectivity index (χ0n) is 10.8. The Balaban J connectivity index is 1.57. The molecule has 0 aromatic carbocycles. The molecule has 0 bridgehead atoms. The lowest BCUT2D eigenvalue weighted by Crippen LogP contribution is -2.97. The molecule has 3 atom stereocenters. The molecule has 3 heterocycles. The first-order valence-electron chi connectivity index (χ1n) is 6.73. The van der Waals surface area contributed by atoms with E-state index in [4.69, 9.17) is 16.9 Å². The van der Waals surface area contributed by atoms with Crippen molar-refractivity contribution in [2.24, 2.45) is 0 Å². The molecule has 1 aromatic rings. The fourth-order valence-corrected chi connectivity index (χ4v) is 4.16. The van der Waals surface area contributed by atoms with Gasteiger partial charge in [0.05, 0.1) is 23.2 Å². The standard InChI is InChI=1S/C14H13ClN4O/c15-5-13(20)18-8-11-14(18)4-3-10(14)19(11)12-2-1-9(6-16)7-17-12/h1-2,7,10-11H,3-5,8H2. The van der Waals surface area contributed by atoms with Crippen LogP contribution in [0.3, 0.4) is 0 Å². The molecule has 3 aliphatic rings. The van der Waals surface area contributed by atoms with Crippen LogP contribution < -0.4 is 4.90 Å². The molecule has 6 heteroatoms. The van der Waals surface area contributed by atoms with Crippen molar-refractivity contribution in [3.05, 3.63) is 23.9 Å². The van der Waals surface area contributed by atoms with Crippen LogP contribution in [0.5, 0.6) is 0 Å². The van der Waals surface area contributed by atoms with Crippen LogP contribution in [0.25, 0.3) is 0 Å². The van der Waals surface area contributed by atoms with E-state index in [0.717, 1.165) is 25.2 Å². The number of nitriles is 1. The van der Waals surface area contributed by atoms with E-state index in [2.05, 4.69) is 16.0 Å². The van der Waals surface area contributed by atoms with E-state index >= 15 is 0 Å². The first kappa shape index (κ1) is 12.0. The van der Waals surface area contributed by atoms with Gasteiger partial charge in [-0.05, 0) is 25.0 Å². The Labute approximate surface area is 121 Å². The van der Waals surface area contributed by atoms with Crippen LogP contribution in [0.4, 0.5) is 5.82 Å². The number of alkyl halides is 1. The van der Waals surface area contributed by atoms with Crippen molar-refractivity contribution in [3.63, 3.8) is 0 Å². The summed E-state index contributed by atoms with van der Waals surface area (Å²) >= 11 is 5.67. The minimum absolute atomic E-state index is 0.0293. The lowest BCUT2D eigenvalue weighted by molar-refractivity contribution is -0.190. The second-order valence-electron chi connectivity index (χ2n) is 5.62. The Morgan fingerprint density at radius 2 is 2.40 bits per heavy atom. The molecule has 1 saturated carbocycles. The molecule has 2 saturated heterocycles. The number of pyridine rings is 1. The number of carbonyl (C=O) groups excluding carboxylic acids is 1. The van der Waals surface area contributed by atoms with Gasteiger partial charge in [0.1, 0.15) is 17.8 Å². The van der Waals surface area contributed by atoms with Crippen molar-refractivity contribution < 1.29 is 4.79 Å². The van der Waals surface area contributed by atoms with Crippen molar-refractivity contribution in [2.45, 2.75) is 30.5 Å². The molecule has 20 heavy (non-hydrogen) atoms. The molecule has 0 radical (unpaired) electrons. The number of rotatable bonds is 2. The maximum absolute atomic E-state index is 11.8. The first-order valence-corrected chi connectivity index (χ1v) is 7.27. The number of halogens is 1. The monoisotopic (exact) mass is 288 g/mol. The quantitative estimate of drug-likeness (QED) is 0.765. The third kappa shape index (κ3) is 1.19. The van der Waals surface area contributed by atoms with Crippen LogP contribution in [-0.2, 0) is 4.79 Å². The largest absolute Gasteiger partial charge is 0.344 e. The third-order valence-corrected chi connectivity index (χ3v) is 5.29. The van der Waals surface area contributed by atoms with Crippen molar-refractivity contribution in [3.8, 4) is 6.07 Å². The van der Waals surface area contributed by atoms with Gasteiger partial charge in [-0.2, -0.15) is 5.26 Å². The fourth-order valence-electron chi connectivity index (χ4n) is 4.02. The van der Waals surface area contributed by atoms with Crippen LogP contribution in [0, 0.1) is 11.3 Å². The summed E-state index contributed by atoms with van der Waals surface area (Å²) in [5.41, 5.74) is 0.600. The van der Waals surface area contributed by atoms with E-state index in [0.29, 0.717) is 17.6 Å². The number of aromatic nitrogens is 1. The number of hydrogen-bond donors (Lipinski definition) is 0. The summed E-state index contributed by atoms with van der Waals surface area (Å²) < 4.78 is 0. The number of hydrogen-bond acceptors (Lipinski definition) is 4. The summed E-state index contributed by atoms with van der Waals surface area (Å²) in [6.07, 6.45) is 3.76. The summed E-state index contributed by atoms with van der Waals surface area (Å²) in [5, 5.41) is 8.81. The van der Waals surface area contributed by atoms with E-state index in [1.165, 1.54) is 0 Å². The van der Waals surface area contributed by atoms with Gasteiger partial charge in [-0.15, -0.1) is 11.6 Å². The first-order chi connectivity index (χ1) is 9.72. The molecule has 1 spiro atoms. The molecule has 1 aliphatic carbocycles. The Morgan fingerprint density at radius 1 is 1.55 bits per heavy atom. The van der Waals surface area contributed by atoms with E-state index in [1.807, 2.05) is 11.0 Å². The molecule has 3 fully saturated rings. The Kier molecular flexibility index (Phi) is 2.31. The third-order valence-electron chi connectivity index (χ3n) is 5.06. The Hall–Kier alpha value is -1.80. The van der Waals surface area contributed by atoms with Crippen LogP contribution in [0.1, 0.15) is 18.4 Å². The Bertz CT molecular complexity index is 617. The zero-order valence-corrected chi connectivity index (χ0v) is 11.5. The fraction of sp³-hybridized carbons (Fsp3) is 0.500. The van der Waals surface area contributed by atoms with Gasteiger partial charge in [0.15, 0.2) is 0 Å². The van der Waals surface area contributed by atoms with Gasteiger partial charge >= 0.3 is 0 Å². The van der Waals surface area contributed by atoms with E-state index in [9.17, 15) is 4.79 Å². The summed E-state index contributed by atoms with van der Waals surface area (Å²) in [4.78, 5) is 20.4. The van der Waals surface area contributed by atoms with Gasteiger partial charge in [-0.1, -0.05) is 0 Å². The number of carbonyl (C=O) groups is 1. The predicted octanol–water partition coefficient (Wildman–Crippen LogP) is 1.12. The van der Waals surface area contributed by atoms with E-state index in [1.54, 1.807) is 12.3 Å². The number of amides is 1. The summed E-state index contributed by atoms with van der Waals surface area (Å²) in [7, 11) is 0. The highest BCUT2D eigenvalue weighted by molar-refractivity contribution is 6.27. The minimum Gasteiger partial charge on any atom is -0.344 e. The molecule has 3 unspecified atom stereocenters. The van der Waals surface area contributed by atoms with Crippen LogP contribution in [0.2, 0.25) is 0 Å². The van der Waals surface area contributed by atoms with Gasteiger partial charge in [-0.3, -0.25) is 4.79 Å². The average molecular weight is 289 g/mol. The maximum Gasteiger partial charge on any atom is 0.238 e. The van der Waals surface area contributed by atoms with Crippen LogP contribution in [0.15, 0.2) is 18.3 Å². The predicted molar refractivity (Wildman–Crippen MR) is 73.4 cm³/mol. The molecule has 0 N–H and O–H groups in total. The SMILES string of the molecule is N#Cc1ccc(N2C3CCC34C2CN4C(=O)CCl)nc1. The lowest BCUT2D eigenvalue weighted by atomic mass is 9.52. The minimum atomic E-state index is 0.0293. The second kappa shape index (κ2) is 3.86. The Morgan fingerprint density at radius 3 is 2.90 bits per heavy atom. The summed E-state index contributed by atoms with van der Waals surface area (Å²) in [6.45, 7) is 0.740. The van der Waals surface area contributed by atoms with Gasteiger partial charge in [0, 0.05) is 12.7 Å². The highest BCUT2D eigenvalue weighted by Gasteiger charge is 2.76. The van der Waals surface area contributed by atoms with Gasteiger partial charge in [0.25, 0.3) is 0 Å². The van der Waals surface area contributed by atoms with Gasteiger partial charge < -0.3 is 9.80 Å². The highest BCUT2D eigenvalue weighted by atomic mass is 35.5. The molecule has 5 nitrogen and oxygen atoms in total. The topological polar surface area (TPSA) is 60.2 Å². The maximum atomic E-state index is 11.8. The summed E-state index contributed by atoms with van der Waals surface area (Å²) in [5.74, 6) is 1.02. The summed E-state index contributed by atoms with van der Waals surface area (Å²) in [6, 6.07) is 6.50. The number of likely N-dealkylation sites (tertiary alicyclic amines) is 1.